The number of benzene rings is 2. The van der Waals surface area contributed by atoms with Gasteiger partial charge in [-0.1, -0.05) is 30.7 Å². The van der Waals surface area contributed by atoms with E-state index in [9.17, 15) is 13.8 Å². The first kappa shape index (κ1) is 23.9. The number of piperidine rings is 1. The molecule has 2 aromatic carbocycles. The lowest BCUT2D eigenvalue weighted by Crippen LogP contribution is -2.34. The molecule has 1 fully saturated rings. The van der Waals surface area contributed by atoms with Gasteiger partial charge in [-0.15, -0.1) is 0 Å². The van der Waals surface area contributed by atoms with Crippen LogP contribution in [0.4, 0.5) is 0 Å². The van der Waals surface area contributed by atoms with E-state index in [1.54, 1.807) is 18.2 Å². The molecular formula is C27H32N4O3S. The van der Waals surface area contributed by atoms with E-state index in [2.05, 4.69) is 39.5 Å². The van der Waals surface area contributed by atoms with Crippen molar-refractivity contribution in [2.75, 3.05) is 32.7 Å². The molecule has 8 heteroatoms. The molecule has 1 saturated heterocycles. The van der Waals surface area contributed by atoms with Gasteiger partial charge in [0.25, 0.3) is 5.91 Å². The van der Waals surface area contributed by atoms with Gasteiger partial charge in [-0.05, 0) is 55.0 Å². The first-order valence-electron chi connectivity index (χ1n) is 12.5. The third-order valence-electron chi connectivity index (χ3n) is 6.96. The van der Waals surface area contributed by atoms with Crippen molar-refractivity contribution >= 4 is 27.8 Å². The summed E-state index contributed by atoms with van der Waals surface area (Å²) in [6.45, 7) is 5.03. The molecule has 1 amide bonds. The van der Waals surface area contributed by atoms with Crippen molar-refractivity contribution in [1.29, 1.82) is 0 Å². The molecule has 2 N–H and O–H groups in total. The molecule has 2 aliphatic rings. The Hall–Kier alpha value is -2.81. The Labute approximate surface area is 208 Å². The fraction of sp³-hybridized carbons (Fsp3) is 0.407. The summed E-state index contributed by atoms with van der Waals surface area (Å²) in [4.78, 5) is 31.1. The van der Waals surface area contributed by atoms with E-state index < -0.39 is 11.0 Å². The van der Waals surface area contributed by atoms with Crippen LogP contribution in [-0.4, -0.2) is 57.0 Å². The SMILES string of the molecule is O=C(NCCCN1CCc2ccccc2C1)c1cc(=O)[nH]c2ccc(S(=O)N3CCCCC3)cc12. The number of nitrogens with one attached hydrogen (secondary N) is 2. The molecule has 1 aromatic heterocycles. The number of amides is 1. The van der Waals surface area contributed by atoms with Gasteiger partial charge < -0.3 is 10.3 Å². The number of aromatic nitrogens is 1. The number of fused-ring (bicyclic) bond motifs is 2. The van der Waals surface area contributed by atoms with Gasteiger partial charge in [-0.2, -0.15) is 0 Å². The predicted octanol–water partition coefficient (Wildman–Crippen LogP) is 3.21. The summed E-state index contributed by atoms with van der Waals surface area (Å²) < 4.78 is 15.1. The fourth-order valence-corrected chi connectivity index (χ4v) is 6.35. The molecule has 1 unspecified atom stereocenters. The minimum atomic E-state index is -1.27. The quantitative estimate of drug-likeness (QED) is 0.496. The first-order valence-corrected chi connectivity index (χ1v) is 13.6. The number of carbonyl (C=O) groups excluding carboxylic acids is 1. The zero-order valence-corrected chi connectivity index (χ0v) is 20.7. The van der Waals surface area contributed by atoms with E-state index in [0.29, 0.717) is 27.9 Å². The van der Waals surface area contributed by atoms with E-state index >= 15 is 0 Å². The van der Waals surface area contributed by atoms with Gasteiger partial charge in [0.15, 0.2) is 0 Å². The number of carbonyl (C=O) groups is 1. The van der Waals surface area contributed by atoms with E-state index in [-0.39, 0.29) is 11.5 Å². The van der Waals surface area contributed by atoms with Crippen molar-refractivity contribution < 1.29 is 9.00 Å². The third kappa shape index (κ3) is 5.55. The van der Waals surface area contributed by atoms with E-state index in [4.69, 9.17) is 0 Å². The zero-order chi connectivity index (χ0) is 24.2. The summed E-state index contributed by atoms with van der Waals surface area (Å²) in [5, 5.41) is 3.61. The van der Waals surface area contributed by atoms with Crippen LogP contribution >= 0.6 is 0 Å². The van der Waals surface area contributed by atoms with Gasteiger partial charge in [0.1, 0.15) is 11.0 Å². The summed E-state index contributed by atoms with van der Waals surface area (Å²) in [7, 11) is -1.27. The molecule has 184 valence electrons. The first-order chi connectivity index (χ1) is 17.1. The molecule has 0 spiro atoms. The Bertz CT molecular complexity index is 1300. The zero-order valence-electron chi connectivity index (χ0n) is 19.9. The highest BCUT2D eigenvalue weighted by atomic mass is 32.2. The summed E-state index contributed by atoms with van der Waals surface area (Å²) in [6.07, 6.45) is 5.15. The van der Waals surface area contributed by atoms with Crippen LogP contribution in [0.25, 0.3) is 10.9 Å². The minimum Gasteiger partial charge on any atom is -0.352 e. The van der Waals surface area contributed by atoms with E-state index in [1.807, 2.05) is 4.31 Å². The normalized spacial score (nSPS) is 17.7. The van der Waals surface area contributed by atoms with Crippen LogP contribution in [0.15, 0.2) is 58.2 Å². The molecule has 0 saturated carbocycles. The molecule has 2 aliphatic heterocycles. The van der Waals surface area contributed by atoms with Crippen LogP contribution in [0.1, 0.15) is 47.2 Å². The monoisotopic (exact) mass is 492 g/mol. The molecule has 35 heavy (non-hydrogen) atoms. The lowest BCUT2D eigenvalue weighted by Gasteiger charge is -2.28. The van der Waals surface area contributed by atoms with Gasteiger partial charge in [-0.3, -0.25) is 14.5 Å². The lowest BCUT2D eigenvalue weighted by molar-refractivity contribution is 0.0952. The number of rotatable bonds is 7. The number of pyridine rings is 1. The van der Waals surface area contributed by atoms with Gasteiger partial charge >= 0.3 is 0 Å². The molecule has 0 radical (unpaired) electrons. The van der Waals surface area contributed by atoms with E-state index in [0.717, 1.165) is 58.4 Å². The number of aromatic amines is 1. The number of H-pyrrole nitrogens is 1. The number of hydrogen-bond donors (Lipinski definition) is 2. The van der Waals surface area contributed by atoms with Crippen LogP contribution in [0.3, 0.4) is 0 Å². The summed E-state index contributed by atoms with van der Waals surface area (Å²) in [5.41, 5.74) is 3.40. The second kappa shape index (κ2) is 10.8. The minimum absolute atomic E-state index is 0.272. The van der Waals surface area contributed by atoms with Gasteiger partial charge in [0.2, 0.25) is 5.56 Å². The van der Waals surface area contributed by atoms with Crippen LogP contribution < -0.4 is 10.9 Å². The highest BCUT2D eigenvalue weighted by Crippen LogP contribution is 2.23. The summed E-state index contributed by atoms with van der Waals surface area (Å²) in [5.74, 6) is -0.272. The smallest absolute Gasteiger partial charge is 0.252 e. The van der Waals surface area contributed by atoms with Crippen LogP contribution in [-0.2, 0) is 24.0 Å². The standard InChI is InChI=1S/C27H32N4O3S/c32-26-18-24(23-17-22(9-10-25(23)29-26)35(34)31-14-4-1-5-15-31)27(33)28-12-6-13-30-16-11-20-7-2-3-8-21(20)19-30/h2-3,7-10,17-18H,1,4-6,11-16,19H2,(H,28,33)(H,29,32). The van der Waals surface area contributed by atoms with E-state index in [1.165, 1.54) is 23.6 Å². The van der Waals surface area contributed by atoms with Crippen molar-refractivity contribution in [2.24, 2.45) is 0 Å². The topological polar surface area (TPSA) is 85.5 Å². The second-order valence-corrected chi connectivity index (χ2v) is 10.9. The summed E-state index contributed by atoms with van der Waals surface area (Å²) in [6, 6.07) is 15.2. The van der Waals surface area contributed by atoms with Crippen molar-refractivity contribution in [3.8, 4) is 0 Å². The average molecular weight is 493 g/mol. The van der Waals surface area contributed by atoms with Crippen molar-refractivity contribution in [1.82, 2.24) is 19.5 Å². The molecule has 1 atom stereocenters. The van der Waals surface area contributed by atoms with Crippen molar-refractivity contribution in [3.05, 3.63) is 75.6 Å². The summed E-state index contributed by atoms with van der Waals surface area (Å²) >= 11 is 0. The molecule has 5 rings (SSSR count). The Balaban J connectivity index is 1.24. The Morgan fingerprint density at radius 3 is 2.63 bits per heavy atom. The number of hydrogen-bond acceptors (Lipinski definition) is 4. The van der Waals surface area contributed by atoms with Crippen molar-refractivity contribution in [2.45, 2.75) is 43.5 Å². The molecule has 3 heterocycles. The second-order valence-electron chi connectivity index (χ2n) is 9.40. The maximum absolute atomic E-state index is 13.1. The Morgan fingerprint density at radius 1 is 1.00 bits per heavy atom. The predicted molar refractivity (Wildman–Crippen MR) is 139 cm³/mol. The van der Waals surface area contributed by atoms with Crippen LogP contribution in [0, 0.1) is 0 Å². The van der Waals surface area contributed by atoms with Crippen LogP contribution in [0.5, 0.6) is 0 Å². The van der Waals surface area contributed by atoms with Crippen molar-refractivity contribution in [3.63, 3.8) is 0 Å². The molecule has 7 nitrogen and oxygen atoms in total. The highest BCUT2D eigenvalue weighted by Gasteiger charge is 2.20. The average Bonchev–Trinajstić information content (AvgIpc) is 2.90. The third-order valence-corrected chi connectivity index (χ3v) is 8.45. The maximum atomic E-state index is 13.1. The highest BCUT2D eigenvalue weighted by molar-refractivity contribution is 7.82. The van der Waals surface area contributed by atoms with Gasteiger partial charge in [0, 0.05) is 56.2 Å². The largest absolute Gasteiger partial charge is 0.352 e. The lowest BCUT2D eigenvalue weighted by atomic mass is 10.00. The fourth-order valence-electron chi connectivity index (χ4n) is 5.05. The molecular weight excluding hydrogens is 460 g/mol. The van der Waals surface area contributed by atoms with Gasteiger partial charge in [-0.25, -0.2) is 8.51 Å². The molecule has 3 aromatic rings. The Morgan fingerprint density at radius 2 is 1.80 bits per heavy atom. The molecule has 0 aliphatic carbocycles. The van der Waals surface area contributed by atoms with Crippen LogP contribution in [0.2, 0.25) is 0 Å². The number of nitrogens with zero attached hydrogens (tertiary/aromatic N) is 2. The van der Waals surface area contributed by atoms with Gasteiger partial charge in [0.05, 0.1) is 10.5 Å². The maximum Gasteiger partial charge on any atom is 0.252 e. The molecule has 0 bridgehead atoms. The Kier molecular flexibility index (Phi) is 7.41.